The van der Waals surface area contributed by atoms with Gasteiger partial charge in [0.05, 0.1) is 12.1 Å². The molecule has 1 aromatic heterocycles. The van der Waals surface area contributed by atoms with E-state index in [1.54, 1.807) is 18.0 Å². The minimum atomic E-state index is -0.378. The Morgan fingerprint density at radius 1 is 1.33 bits per heavy atom. The minimum Gasteiger partial charge on any atom is -0.394 e. The monoisotopic (exact) mass is 305 g/mol. The Balaban J connectivity index is 2.07. The highest BCUT2D eigenvalue weighted by molar-refractivity contribution is 7.99. The fourth-order valence-corrected chi connectivity index (χ4v) is 3.26. The molecule has 3 N–H and O–H groups in total. The summed E-state index contributed by atoms with van der Waals surface area (Å²) in [5.41, 5.74) is 0.762. The third-order valence-corrected chi connectivity index (χ3v) is 4.46. The number of hydrogen-bond donors (Lipinski definition) is 3. The zero-order valence-corrected chi connectivity index (χ0v) is 13.2. The number of hydrogen-bond acceptors (Lipinski definition) is 4. The molecule has 0 radical (unpaired) electrons. The van der Waals surface area contributed by atoms with Crippen molar-refractivity contribution in [2.75, 3.05) is 18.9 Å². The number of aliphatic hydroxyl groups excluding tert-OH is 1. The smallest absolute Gasteiger partial charge is 0.165 e. The van der Waals surface area contributed by atoms with E-state index in [1.165, 1.54) is 0 Å². The molecule has 4 nitrogen and oxygen atoms in total. The van der Waals surface area contributed by atoms with Crippen molar-refractivity contribution in [2.45, 2.75) is 30.5 Å². The molecule has 0 saturated heterocycles. The molecule has 0 aliphatic carbocycles. The van der Waals surface area contributed by atoms with Crippen LogP contribution >= 0.6 is 11.8 Å². The first-order valence-corrected chi connectivity index (χ1v) is 8.33. The van der Waals surface area contributed by atoms with Crippen LogP contribution in [0.3, 0.4) is 0 Å². The van der Waals surface area contributed by atoms with E-state index >= 15 is 0 Å². The maximum Gasteiger partial charge on any atom is 0.165 e. The van der Waals surface area contributed by atoms with Crippen LogP contribution in [0.15, 0.2) is 47.9 Å². The lowest BCUT2D eigenvalue weighted by Gasteiger charge is -2.34. The molecule has 0 aliphatic heterocycles. The number of aliphatic hydroxyl groups is 1. The first-order valence-electron chi connectivity index (χ1n) is 7.34. The number of nitrogens with zero attached hydrogens (tertiary/aromatic N) is 1. The Bertz CT molecular complexity index is 504. The molecular formula is C16H23N3OS. The zero-order chi connectivity index (χ0) is 15.0. The van der Waals surface area contributed by atoms with Crippen molar-refractivity contribution in [3.8, 4) is 0 Å². The van der Waals surface area contributed by atoms with Gasteiger partial charge in [-0.1, -0.05) is 49.0 Å². The SMILES string of the molecule is CCCNC(CO)(CCSc1ncc[nH]1)c1ccccc1. The third kappa shape index (κ3) is 4.33. The number of aromatic nitrogens is 2. The molecule has 0 spiro atoms. The number of rotatable bonds is 9. The van der Waals surface area contributed by atoms with E-state index in [1.807, 2.05) is 24.4 Å². The fraction of sp³-hybridized carbons (Fsp3) is 0.438. The van der Waals surface area contributed by atoms with Crippen molar-refractivity contribution in [1.82, 2.24) is 15.3 Å². The van der Waals surface area contributed by atoms with Crippen LogP contribution < -0.4 is 5.32 Å². The maximum absolute atomic E-state index is 10.0. The van der Waals surface area contributed by atoms with Gasteiger partial charge in [-0.25, -0.2) is 4.98 Å². The summed E-state index contributed by atoms with van der Waals surface area (Å²) in [4.78, 5) is 7.31. The molecule has 2 rings (SSSR count). The van der Waals surface area contributed by atoms with Crippen LogP contribution in [0.4, 0.5) is 0 Å². The Morgan fingerprint density at radius 2 is 2.14 bits per heavy atom. The molecule has 1 aromatic carbocycles. The summed E-state index contributed by atoms with van der Waals surface area (Å²) in [5.74, 6) is 0.889. The van der Waals surface area contributed by atoms with E-state index in [4.69, 9.17) is 0 Å². The molecule has 1 heterocycles. The van der Waals surface area contributed by atoms with E-state index < -0.39 is 0 Å². The molecule has 5 heteroatoms. The van der Waals surface area contributed by atoms with Gasteiger partial charge in [-0.3, -0.25) is 0 Å². The average Bonchev–Trinajstić information content (AvgIpc) is 3.05. The Morgan fingerprint density at radius 3 is 2.76 bits per heavy atom. The molecule has 0 saturated carbocycles. The third-order valence-electron chi connectivity index (χ3n) is 3.55. The second-order valence-corrected chi connectivity index (χ2v) is 6.11. The summed E-state index contributed by atoms with van der Waals surface area (Å²) in [6.45, 7) is 3.12. The average molecular weight is 305 g/mol. The Hall–Kier alpha value is -1.30. The summed E-state index contributed by atoms with van der Waals surface area (Å²) in [6, 6.07) is 10.2. The van der Waals surface area contributed by atoms with E-state index in [-0.39, 0.29) is 12.1 Å². The van der Waals surface area contributed by atoms with Crippen LogP contribution in [0.1, 0.15) is 25.3 Å². The van der Waals surface area contributed by atoms with Crippen molar-refractivity contribution in [2.24, 2.45) is 0 Å². The standard InChI is InChI=1S/C16H23N3OS/c1-2-9-19-16(13-20,14-6-4-3-5-7-14)8-12-21-15-17-10-11-18-15/h3-7,10-11,19-20H,2,8-9,12-13H2,1H3,(H,17,18). The quantitative estimate of drug-likeness (QED) is 0.624. The number of thioether (sulfide) groups is 1. The van der Waals surface area contributed by atoms with Crippen molar-refractivity contribution < 1.29 is 5.11 Å². The van der Waals surface area contributed by atoms with Gasteiger partial charge < -0.3 is 15.4 Å². The lowest BCUT2D eigenvalue weighted by molar-refractivity contribution is 0.157. The van der Waals surface area contributed by atoms with Gasteiger partial charge >= 0.3 is 0 Å². The maximum atomic E-state index is 10.0. The van der Waals surface area contributed by atoms with E-state index in [0.717, 1.165) is 35.9 Å². The normalized spacial score (nSPS) is 14.0. The van der Waals surface area contributed by atoms with Gasteiger partial charge in [0, 0.05) is 18.1 Å². The molecule has 21 heavy (non-hydrogen) atoms. The highest BCUT2D eigenvalue weighted by atomic mass is 32.2. The minimum absolute atomic E-state index is 0.0930. The van der Waals surface area contributed by atoms with Crippen LogP contribution in [0.25, 0.3) is 0 Å². The predicted octanol–water partition coefficient (Wildman–Crippen LogP) is 2.78. The van der Waals surface area contributed by atoms with E-state index in [0.29, 0.717) is 0 Å². The van der Waals surface area contributed by atoms with Crippen LogP contribution in [-0.4, -0.2) is 34.0 Å². The topological polar surface area (TPSA) is 60.9 Å². The number of H-pyrrole nitrogens is 1. The van der Waals surface area contributed by atoms with Crippen molar-refractivity contribution in [3.63, 3.8) is 0 Å². The molecule has 1 unspecified atom stereocenters. The summed E-state index contributed by atoms with van der Waals surface area (Å²) < 4.78 is 0. The molecule has 2 aromatic rings. The summed E-state index contributed by atoms with van der Waals surface area (Å²) in [7, 11) is 0. The first-order chi connectivity index (χ1) is 10.3. The van der Waals surface area contributed by atoms with Gasteiger partial charge in [-0.2, -0.15) is 0 Å². The highest BCUT2D eigenvalue weighted by Crippen LogP contribution is 2.28. The Labute approximate surface area is 130 Å². The largest absolute Gasteiger partial charge is 0.394 e. The van der Waals surface area contributed by atoms with Crippen molar-refractivity contribution >= 4 is 11.8 Å². The lowest BCUT2D eigenvalue weighted by Crippen LogP contribution is -2.46. The van der Waals surface area contributed by atoms with E-state index in [2.05, 4.69) is 34.3 Å². The van der Waals surface area contributed by atoms with Crippen molar-refractivity contribution in [1.29, 1.82) is 0 Å². The highest BCUT2D eigenvalue weighted by Gasteiger charge is 2.30. The zero-order valence-electron chi connectivity index (χ0n) is 12.4. The number of benzene rings is 1. The summed E-state index contributed by atoms with van der Waals surface area (Å²) in [6.07, 6.45) is 5.47. The molecular weight excluding hydrogens is 282 g/mol. The van der Waals surface area contributed by atoms with Crippen LogP contribution in [0, 0.1) is 0 Å². The first kappa shape index (κ1) is 16.1. The molecule has 0 aliphatic rings. The van der Waals surface area contributed by atoms with Gasteiger partial charge in [-0.05, 0) is 24.9 Å². The molecule has 0 bridgehead atoms. The van der Waals surface area contributed by atoms with Gasteiger partial charge in [0.2, 0.25) is 0 Å². The number of nitrogens with one attached hydrogen (secondary N) is 2. The summed E-state index contributed by atoms with van der Waals surface area (Å²) >= 11 is 1.68. The second-order valence-electron chi connectivity index (χ2n) is 5.03. The number of aromatic amines is 1. The summed E-state index contributed by atoms with van der Waals surface area (Å²) in [5, 5.41) is 14.5. The van der Waals surface area contributed by atoms with E-state index in [9.17, 15) is 5.11 Å². The van der Waals surface area contributed by atoms with Crippen LogP contribution in [-0.2, 0) is 5.54 Å². The molecule has 1 atom stereocenters. The van der Waals surface area contributed by atoms with Crippen LogP contribution in [0.5, 0.6) is 0 Å². The Kier molecular flexibility index (Phi) is 6.29. The van der Waals surface area contributed by atoms with Gasteiger partial charge in [-0.15, -0.1) is 0 Å². The molecule has 0 amide bonds. The fourth-order valence-electron chi connectivity index (χ4n) is 2.33. The van der Waals surface area contributed by atoms with Gasteiger partial charge in [0.15, 0.2) is 5.16 Å². The molecule has 0 fully saturated rings. The van der Waals surface area contributed by atoms with Crippen molar-refractivity contribution in [3.05, 3.63) is 48.3 Å². The second kappa shape index (κ2) is 8.22. The molecule has 114 valence electrons. The number of imidazole rings is 1. The van der Waals surface area contributed by atoms with Gasteiger partial charge in [0.1, 0.15) is 0 Å². The predicted molar refractivity (Wildman–Crippen MR) is 87.4 cm³/mol. The van der Waals surface area contributed by atoms with Crippen LogP contribution in [0.2, 0.25) is 0 Å². The lowest BCUT2D eigenvalue weighted by atomic mass is 9.88. The van der Waals surface area contributed by atoms with Gasteiger partial charge in [0.25, 0.3) is 0 Å².